The first-order chi connectivity index (χ1) is 14.2. The molecule has 1 amide bonds. The predicted octanol–water partition coefficient (Wildman–Crippen LogP) is -3.48. The molecule has 0 aliphatic carbocycles. The first kappa shape index (κ1) is 22.4. The Hall–Kier alpha value is -3.26. The van der Waals surface area contributed by atoms with Crippen LogP contribution in [0.3, 0.4) is 0 Å². The van der Waals surface area contributed by atoms with Crippen LogP contribution in [0.1, 0.15) is 13.3 Å². The number of fused-ring (bicyclic) bond motifs is 1. The van der Waals surface area contributed by atoms with Gasteiger partial charge in [-0.05, 0) is 0 Å². The van der Waals surface area contributed by atoms with E-state index in [-0.39, 0.29) is 16.9 Å². The molecular weight excluding hydrogens is 420 g/mol. The van der Waals surface area contributed by atoms with Crippen molar-refractivity contribution in [3.63, 3.8) is 0 Å². The molecule has 0 saturated carbocycles. The molecular formula is C16H20N6O9. The third-order valence-corrected chi connectivity index (χ3v) is 5.40. The number of aromatic nitrogens is 3. The molecule has 1 saturated heterocycles. The van der Waals surface area contributed by atoms with Crippen molar-refractivity contribution in [3.8, 4) is 17.7 Å². The van der Waals surface area contributed by atoms with Crippen LogP contribution in [0, 0.1) is 17.2 Å². The van der Waals surface area contributed by atoms with Crippen LogP contribution in [-0.2, 0) is 4.79 Å². The zero-order valence-electron chi connectivity index (χ0n) is 16.2. The number of carbonyl (C=O) groups excluding carboxylic acids is 1. The van der Waals surface area contributed by atoms with Gasteiger partial charge in [-0.25, -0.2) is 14.9 Å². The number of nitrogens with one attached hydrogen (secondary N) is 1. The van der Waals surface area contributed by atoms with E-state index in [1.54, 1.807) is 0 Å². The minimum atomic E-state index is -3.91. The zero-order valence-corrected chi connectivity index (χ0v) is 16.2. The number of piperidine rings is 1. The SMILES string of the molecule is CC1C(N(C)c2ncnc3[nH]c(O)c(O)c23)C(O)(O)N(C(=O)CC#N)C(O)(O)C1(O)O. The van der Waals surface area contributed by atoms with Crippen molar-refractivity contribution in [1.82, 2.24) is 19.9 Å². The number of aromatic amines is 1. The summed E-state index contributed by atoms with van der Waals surface area (Å²) in [5.41, 5.74) is -0.0628. The number of rotatable bonds is 3. The zero-order chi connectivity index (χ0) is 23.5. The lowest BCUT2D eigenvalue weighted by Crippen LogP contribution is -2.84. The number of aliphatic hydroxyl groups is 6. The molecule has 2 aromatic heterocycles. The Kier molecular flexibility index (Phi) is 4.98. The molecule has 0 radical (unpaired) electrons. The number of amides is 1. The van der Waals surface area contributed by atoms with E-state index in [1.165, 1.54) is 13.1 Å². The molecule has 0 aromatic carbocycles. The smallest absolute Gasteiger partial charge is 0.310 e. The van der Waals surface area contributed by atoms with Gasteiger partial charge in [0.05, 0.1) is 6.07 Å². The maximum absolute atomic E-state index is 12.3. The number of hydrogen-bond acceptors (Lipinski definition) is 13. The number of likely N-dealkylation sites (N-methyl/N-ethyl adjacent to an activating group) is 1. The fourth-order valence-corrected chi connectivity index (χ4v) is 3.86. The van der Waals surface area contributed by atoms with Crippen LogP contribution in [0.15, 0.2) is 6.33 Å². The Bertz CT molecular complexity index is 1080. The molecule has 0 spiro atoms. The standard InChI is InChI=1S/C16H20N6O9/c1-6-10(21(2)12-8-9(24)13(25)20-11(8)18-5-19-12)15(28,29)22(7(23)3-4-17)16(30,31)14(6,26)27/h5-6,10,24-31H,3H2,1-2H3,(H,18,19,20). The third kappa shape index (κ3) is 2.93. The average molecular weight is 440 g/mol. The van der Waals surface area contributed by atoms with Gasteiger partial charge < -0.3 is 50.7 Å². The minimum absolute atomic E-state index is 0.0628. The number of aromatic hydroxyl groups is 2. The summed E-state index contributed by atoms with van der Waals surface area (Å²) < 4.78 is 0. The Morgan fingerprint density at radius 3 is 2.45 bits per heavy atom. The quantitative estimate of drug-likeness (QED) is 0.211. The van der Waals surface area contributed by atoms with Gasteiger partial charge in [0.1, 0.15) is 35.6 Å². The highest BCUT2D eigenvalue weighted by molar-refractivity contribution is 5.95. The van der Waals surface area contributed by atoms with Crippen molar-refractivity contribution in [3.05, 3.63) is 6.33 Å². The van der Waals surface area contributed by atoms with Crippen LogP contribution in [-0.4, -0.2) is 97.3 Å². The molecule has 31 heavy (non-hydrogen) atoms. The van der Waals surface area contributed by atoms with Gasteiger partial charge in [-0.2, -0.15) is 5.26 Å². The molecule has 1 fully saturated rings. The van der Waals surface area contributed by atoms with E-state index in [0.29, 0.717) is 0 Å². The number of nitrogens with zero attached hydrogens (tertiary/aromatic N) is 5. The first-order valence-corrected chi connectivity index (χ1v) is 8.73. The number of anilines is 1. The van der Waals surface area contributed by atoms with E-state index in [9.17, 15) is 45.6 Å². The monoisotopic (exact) mass is 440 g/mol. The van der Waals surface area contributed by atoms with E-state index >= 15 is 0 Å². The summed E-state index contributed by atoms with van der Waals surface area (Å²) >= 11 is 0. The number of carbonyl (C=O) groups is 1. The summed E-state index contributed by atoms with van der Waals surface area (Å²) in [5.74, 6) is -15.9. The molecule has 3 heterocycles. The summed E-state index contributed by atoms with van der Waals surface area (Å²) in [6.45, 7) is 1.02. The van der Waals surface area contributed by atoms with Crippen molar-refractivity contribution < 1.29 is 45.6 Å². The molecule has 1 aliphatic heterocycles. The number of hydrogen-bond donors (Lipinski definition) is 9. The molecule has 9 N–H and O–H groups in total. The highest BCUT2D eigenvalue weighted by Crippen LogP contribution is 2.47. The maximum Gasteiger partial charge on any atom is 0.310 e. The van der Waals surface area contributed by atoms with E-state index < -0.39 is 58.4 Å². The van der Waals surface area contributed by atoms with Gasteiger partial charge in [0, 0.05) is 13.0 Å². The number of H-pyrrole nitrogens is 1. The predicted molar refractivity (Wildman–Crippen MR) is 97.2 cm³/mol. The Labute approximate surface area is 173 Å². The van der Waals surface area contributed by atoms with E-state index in [1.807, 2.05) is 0 Å². The van der Waals surface area contributed by atoms with Gasteiger partial charge in [-0.3, -0.25) is 4.79 Å². The molecule has 0 bridgehead atoms. The van der Waals surface area contributed by atoms with E-state index in [0.717, 1.165) is 18.2 Å². The van der Waals surface area contributed by atoms with Gasteiger partial charge in [-0.15, -0.1) is 0 Å². The fraction of sp³-hybridized carbons (Fsp3) is 0.500. The van der Waals surface area contributed by atoms with Crippen LogP contribution in [0.25, 0.3) is 11.0 Å². The average Bonchev–Trinajstić information content (AvgIpc) is 2.94. The highest BCUT2D eigenvalue weighted by Gasteiger charge is 2.72. The first-order valence-electron chi connectivity index (χ1n) is 8.73. The van der Waals surface area contributed by atoms with Crippen molar-refractivity contribution >= 4 is 22.8 Å². The lowest BCUT2D eigenvalue weighted by Gasteiger charge is -2.59. The molecule has 1 aliphatic rings. The Morgan fingerprint density at radius 1 is 1.26 bits per heavy atom. The summed E-state index contributed by atoms with van der Waals surface area (Å²) in [4.78, 5) is 22.9. The molecule has 2 unspecified atom stereocenters. The Balaban J connectivity index is 2.22. The molecule has 15 nitrogen and oxygen atoms in total. The van der Waals surface area contributed by atoms with Gasteiger partial charge in [0.25, 0.3) is 5.91 Å². The van der Waals surface area contributed by atoms with E-state index in [4.69, 9.17) is 5.26 Å². The minimum Gasteiger partial charge on any atom is -0.503 e. The number of nitriles is 1. The van der Waals surface area contributed by atoms with Gasteiger partial charge in [0.2, 0.25) is 17.6 Å². The molecule has 168 valence electrons. The van der Waals surface area contributed by atoms with Crippen molar-refractivity contribution in [2.24, 2.45) is 5.92 Å². The van der Waals surface area contributed by atoms with E-state index in [2.05, 4.69) is 15.0 Å². The summed E-state index contributed by atoms with van der Waals surface area (Å²) in [6.07, 6.45) is -0.0730. The van der Waals surface area contributed by atoms with Crippen molar-refractivity contribution in [2.75, 3.05) is 11.9 Å². The summed E-state index contributed by atoms with van der Waals surface area (Å²) in [6, 6.07) is -0.533. The molecule has 2 atom stereocenters. The van der Waals surface area contributed by atoms with Gasteiger partial charge in [0.15, 0.2) is 5.75 Å². The van der Waals surface area contributed by atoms with Gasteiger partial charge >= 0.3 is 5.91 Å². The third-order valence-electron chi connectivity index (χ3n) is 5.40. The van der Waals surface area contributed by atoms with Crippen LogP contribution >= 0.6 is 0 Å². The maximum atomic E-state index is 12.3. The molecule has 15 heteroatoms. The normalized spacial score (nSPS) is 24.0. The summed E-state index contributed by atoms with van der Waals surface area (Å²) in [7, 11) is 1.17. The second-order valence-electron chi connectivity index (χ2n) is 7.20. The van der Waals surface area contributed by atoms with Gasteiger partial charge in [-0.1, -0.05) is 6.92 Å². The lowest BCUT2D eigenvalue weighted by molar-refractivity contribution is -0.494. The van der Waals surface area contributed by atoms with Crippen LogP contribution in [0.2, 0.25) is 0 Å². The topological polar surface area (TPSA) is 251 Å². The van der Waals surface area contributed by atoms with Crippen LogP contribution in [0.4, 0.5) is 5.82 Å². The highest BCUT2D eigenvalue weighted by atomic mass is 16.6. The second kappa shape index (κ2) is 6.88. The van der Waals surface area contributed by atoms with Crippen LogP contribution < -0.4 is 4.90 Å². The van der Waals surface area contributed by atoms with Crippen molar-refractivity contribution in [1.29, 1.82) is 5.26 Å². The summed E-state index contributed by atoms with van der Waals surface area (Å²) in [5, 5.41) is 91.4. The largest absolute Gasteiger partial charge is 0.503 e. The number of likely N-dealkylation sites (tertiary alicyclic amines) is 1. The molecule has 2 aromatic rings. The second-order valence-corrected chi connectivity index (χ2v) is 7.20. The van der Waals surface area contributed by atoms with Crippen LogP contribution in [0.5, 0.6) is 11.6 Å². The fourth-order valence-electron chi connectivity index (χ4n) is 3.86. The Morgan fingerprint density at radius 2 is 1.87 bits per heavy atom. The van der Waals surface area contributed by atoms with Crippen molar-refractivity contribution in [2.45, 2.75) is 37.0 Å². The lowest BCUT2D eigenvalue weighted by atomic mass is 9.80. The molecule has 3 rings (SSSR count).